The van der Waals surface area contributed by atoms with Crippen LogP contribution in [0.15, 0.2) is 12.1 Å². The lowest BCUT2D eigenvalue weighted by atomic mass is 10.1. The van der Waals surface area contributed by atoms with Crippen molar-refractivity contribution in [1.82, 2.24) is 5.32 Å². The van der Waals surface area contributed by atoms with Crippen LogP contribution in [0.5, 0.6) is 0 Å². The number of hydrogen-bond donors (Lipinski definition) is 1. The molecule has 0 aliphatic heterocycles. The lowest BCUT2D eigenvalue weighted by molar-refractivity contribution is 0.0986. The summed E-state index contributed by atoms with van der Waals surface area (Å²) in [5.41, 5.74) is 0.00195. The highest BCUT2D eigenvalue weighted by Gasteiger charge is 2.13. The summed E-state index contributed by atoms with van der Waals surface area (Å²) in [7, 11) is 0. The molecule has 0 aromatic carbocycles. The van der Waals surface area contributed by atoms with E-state index >= 15 is 0 Å². The number of ketones is 1. The maximum atomic E-state index is 11.7. The van der Waals surface area contributed by atoms with E-state index in [0.717, 1.165) is 4.88 Å². The van der Waals surface area contributed by atoms with Gasteiger partial charge in [0.15, 0.2) is 5.78 Å². The molecule has 1 aromatic heterocycles. The Balaban J connectivity index is 2.52. The predicted octanol–water partition coefficient (Wildman–Crippen LogP) is 2.63. The second-order valence-electron chi connectivity index (χ2n) is 4.44. The molecule has 2 nitrogen and oxygen atoms in total. The number of carbonyl (C=O) groups excluding carboxylic acids is 1. The molecule has 1 heterocycles. The van der Waals surface area contributed by atoms with Crippen molar-refractivity contribution in [2.24, 2.45) is 0 Å². The smallest absolute Gasteiger partial charge is 0.186 e. The molecule has 0 atom stereocenters. The molecule has 0 spiro atoms. The Kier molecular flexibility index (Phi) is 3.45. The fraction of sp³-hybridized carbons (Fsp3) is 0.545. The van der Waals surface area contributed by atoms with Gasteiger partial charge in [-0.2, -0.15) is 0 Å². The standard InChI is InChI=1S/C11H17NOS/c1-8-5-6-10(14-8)9(13)7-12-11(2,3)4/h5-6,12H,7H2,1-4H3. The van der Waals surface area contributed by atoms with Crippen molar-refractivity contribution < 1.29 is 4.79 Å². The summed E-state index contributed by atoms with van der Waals surface area (Å²) in [5.74, 6) is 0.179. The Labute approximate surface area is 89.3 Å². The molecule has 3 heteroatoms. The number of thiophene rings is 1. The van der Waals surface area contributed by atoms with Crippen LogP contribution in [0.4, 0.5) is 0 Å². The van der Waals surface area contributed by atoms with E-state index in [4.69, 9.17) is 0 Å². The van der Waals surface area contributed by atoms with E-state index in [1.165, 1.54) is 4.88 Å². The third-order valence-electron chi connectivity index (χ3n) is 1.79. The van der Waals surface area contributed by atoms with Crippen LogP contribution in [0, 0.1) is 6.92 Å². The molecular weight excluding hydrogens is 194 g/mol. The van der Waals surface area contributed by atoms with E-state index < -0.39 is 0 Å². The summed E-state index contributed by atoms with van der Waals surface area (Å²) in [6.45, 7) is 8.60. The van der Waals surface area contributed by atoms with Gasteiger partial charge in [0.25, 0.3) is 0 Å². The first-order valence-corrected chi connectivity index (χ1v) is 5.55. The Hall–Kier alpha value is -0.670. The molecule has 0 aliphatic carbocycles. The van der Waals surface area contributed by atoms with Gasteiger partial charge >= 0.3 is 0 Å². The molecule has 0 saturated carbocycles. The Bertz CT molecular complexity index is 322. The van der Waals surface area contributed by atoms with Crippen molar-refractivity contribution in [3.63, 3.8) is 0 Å². The molecule has 1 N–H and O–H groups in total. The third kappa shape index (κ3) is 3.60. The highest BCUT2D eigenvalue weighted by molar-refractivity contribution is 7.14. The molecule has 0 radical (unpaired) electrons. The zero-order valence-electron chi connectivity index (χ0n) is 9.18. The van der Waals surface area contributed by atoms with Crippen LogP contribution >= 0.6 is 11.3 Å². The first kappa shape index (κ1) is 11.4. The minimum Gasteiger partial charge on any atom is -0.305 e. The van der Waals surface area contributed by atoms with Gasteiger partial charge in [0.1, 0.15) is 0 Å². The topological polar surface area (TPSA) is 29.1 Å². The highest BCUT2D eigenvalue weighted by Crippen LogP contribution is 2.15. The van der Waals surface area contributed by atoms with Crippen molar-refractivity contribution in [1.29, 1.82) is 0 Å². The van der Waals surface area contributed by atoms with E-state index in [9.17, 15) is 4.79 Å². The Morgan fingerprint density at radius 3 is 2.50 bits per heavy atom. The minimum atomic E-state index is 0.00195. The number of nitrogens with one attached hydrogen (secondary N) is 1. The summed E-state index contributed by atoms with van der Waals surface area (Å²) in [4.78, 5) is 13.7. The number of Topliss-reactive ketones (excluding diaryl/α,β-unsaturated/α-hetero) is 1. The van der Waals surface area contributed by atoms with Crippen molar-refractivity contribution in [2.45, 2.75) is 33.2 Å². The summed E-state index contributed by atoms with van der Waals surface area (Å²) in [6, 6.07) is 3.88. The van der Waals surface area contributed by atoms with E-state index in [-0.39, 0.29) is 11.3 Å². The van der Waals surface area contributed by atoms with Crippen LogP contribution < -0.4 is 5.32 Å². The Morgan fingerprint density at radius 1 is 1.43 bits per heavy atom. The molecular formula is C11H17NOS. The van der Waals surface area contributed by atoms with Gasteiger partial charge in [0, 0.05) is 10.4 Å². The molecule has 0 bridgehead atoms. The first-order chi connectivity index (χ1) is 6.38. The SMILES string of the molecule is Cc1ccc(C(=O)CNC(C)(C)C)s1. The lowest BCUT2D eigenvalue weighted by Gasteiger charge is -2.19. The molecule has 0 saturated heterocycles. The summed E-state index contributed by atoms with van der Waals surface area (Å²) >= 11 is 1.56. The lowest BCUT2D eigenvalue weighted by Crippen LogP contribution is -2.39. The third-order valence-corrected chi connectivity index (χ3v) is 2.84. The molecule has 0 fully saturated rings. The number of hydrogen-bond acceptors (Lipinski definition) is 3. The molecule has 14 heavy (non-hydrogen) atoms. The number of aryl methyl sites for hydroxylation is 1. The van der Waals surface area contributed by atoms with Crippen LogP contribution in [-0.2, 0) is 0 Å². The fourth-order valence-electron chi connectivity index (χ4n) is 1.02. The van der Waals surface area contributed by atoms with E-state index in [2.05, 4.69) is 26.1 Å². The van der Waals surface area contributed by atoms with Crippen molar-refractivity contribution in [2.75, 3.05) is 6.54 Å². The molecule has 0 aliphatic rings. The van der Waals surface area contributed by atoms with Gasteiger partial charge in [-0.15, -0.1) is 11.3 Å². The van der Waals surface area contributed by atoms with Gasteiger partial charge in [-0.3, -0.25) is 4.79 Å². The molecule has 1 rings (SSSR count). The van der Waals surface area contributed by atoms with Gasteiger partial charge in [-0.25, -0.2) is 0 Å². The van der Waals surface area contributed by atoms with Gasteiger partial charge in [0.2, 0.25) is 0 Å². The second kappa shape index (κ2) is 4.24. The van der Waals surface area contributed by atoms with Crippen LogP contribution in [0.2, 0.25) is 0 Å². The normalized spacial score (nSPS) is 11.7. The molecule has 0 amide bonds. The van der Waals surface area contributed by atoms with Crippen molar-refractivity contribution >= 4 is 17.1 Å². The molecule has 0 unspecified atom stereocenters. The fourth-order valence-corrected chi connectivity index (χ4v) is 1.82. The van der Waals surface area contributed by atoms with Gasteiger partial charge in [-0.05, 0) is 39.8 Å². The monoisotopic (exact) mass is 211 g/mol. The summed E-state index contributed by atoms with van der Waals surface area (Å²) < 4.78 is 0. The van der Waals surface area contributed by atoms with E-state index in [1.54, 1.807) is 11.3 Å². The largest absolute Gasteiger partial charge is 0.305 e. The van der Waals surface area contributed by atoms with Gasteiger partial charge < -0.3 is 5.32 Å². The number of rotatable bonds is 3. The Morgan fingerprint density at radius 2 is 2.07 bits per heavy atom. The zero-order valence-corrected chi connectivity index (χ0v) is 9.99. The van der Waals surface area contributed by atoms with E-state index in [0.29, 0.717) is 6.54 Å². The van der Waals surface area contributed by atoms with Crippen LogP contribution in [0.3, 0.4) is 0 Å². The highest BCUT2D eigenvalue weighted by atomic mass is 32.1. The molecule has 78 valence electrons. The van der Waals surface area contributed by atoms with Crippen molar-refractivity contribution in [3.05, 3.63) is 21.9 Å². The second-order valence-corrected chi connectivity index (χ2v) is 5.72. The van der Waals surface area contributed by atoms with Gasteiger partial charge in [-0.1, -0.05) is 0 Å². The quantitative estimate of drug-likeness (QED) is 0.779. The van der Waals surface area contributed by atoms with Crippen LogP contribution in [0.25, 0.3) is 0 Å². The maximum absolute atomic E-state index is 11.7. The average molecular weight is 211 g/mol. The first-order valence-electron chi connectivity index (χ1n) is 4.73. The summed E-state index contributed by atoms with van der Waals surface area (Å²) in [5, 5.41) is 3.19. The average Bonchev–Trinajstić information content (AvgIpc) is 2.46. The van der Waals surface area contributed by atoms with Crippen LogP contribution in [0.1, 0.15) is 35.3 Å². The van der Waals surface area contributed by atoms with Crippen LogP contribution in [-0.4, -0.2) is 17.9 Å². The minimum absolute atomic E-state index is 0.00195. The molecule has 1 aromatic rings. The number of carbonyl (C=O) groups is 1. The van der Waals surface area contributed by atoms with E-state index in [1.807, 2.05) is 19.1 Å². The zero-order chi connectivity index (χ0) is 10.8. The predicted molar refractivity (Wildman–Crippen MR) is 61.1 cm³/mol. The van der Waals surface area contributed by atoms with Gasteiger partial charge in [0.05, 0.1) is 11.4 Å². The van der Waals surface area contributed by atoms with Crippen molar-refractivity contribution in [3.8, 4) is 0 Å². The summed E-state index contributed by atoms with van der Waals surface area (Å²) in [6.07, 6.45) is 0. The maximum Gasteiger partial charge on any atom is 0.186 e.